The second-order valence-corrected chi connectivity index (χ2v) is 6.92. The monoisotopic (exact) mass is 396 g/mol. The smallest absolute Gasteiger partial charge is 0.367 e. The summed E-state index contributed by atoms with van der Waals surface area (Å²) in [5.74, 6) is 0.0636. The lowest BCUT2D eigenvalue weighted by atomic mass is 10.1. The predicted molar refractivity (Wildman–Crippen MR) is 100 cm³/mol. The molecule has 0 aliphatic carbocycles. The molecule has 1 heterocycles. The number of hydrogen-bond donors (Lipinski definition) is 0. The van der Waals surface area contributed by atoms with Crippen LogP contribution in [0.15, 0.2) is 48.5 Å². The number of piperazine rings is 1. The number of anilines is 1. The maximum atomic E-state index is 12.9. The lowest BCUT2D eigenvalue weighted by Gasteiger charge is -2.36. The zero-order valence-electron chi connectivity index (χ0n) is 14.7. The van der Waals surface area contributed by atoms with Gasteiger partial charge >= 0.3 is 6.18 Å². The first kappa shape index (κ1) is 19.5. The SMILES string of the molecule is O=C(CCc1ccccc1)N1CCN(c2cc(C(F)(F)F)ccc2Cl)CC1. The van der Waals surface area contributed by atoms with Crippen molar-refractivity contribution in [2.75, 3.05) is 31.1 Å². The maximum Gasteiger partial charge on any atom is 0.416 e. The van der Waals surface area contributed by atoms with Crippen molar-refractivity contribution < 1.29 is 18.0 Å². The van der Waals surface area contributed by atoms with Crippen molar-refractivity contribution >= 4 is 23.2 Å². The second-order valence-electron chi connectivity index (χ2n) is 6.52. The first-order valence-electron chi connectivity index (χ1n) is 8.78. The van der Waals surface area contributed by atoms with E-state index in [4.69, 9.17) is 11.6 Å². The number of carbonyl (C=O) groups is 1. The molecule has 1 saturated heterocycles. The summed E-state index contributed by atoms with van der Waals surface area (Å²) in [7, 11) is 0. The van der Waals surface area contributed by atoms with Crippen molar-refractivity contribution in [1.29, 1.82) is 0 Å². The Bertz CT molecular complexity index is 788. The van der Waals surface area contributed by atoms with Crippen molar-refractivity contribution in [2.45, 2.75) is 19.0 Å². The molecule has 0 N–H and O–H groups in total. The highest BCUT2D eigenvalue weighted by atomic mass is 35.5. The van der Waals surface area contributed by atoms with Crippen molar-refractivity contribution in [3.8, 4) is 0 Å². The molecule has 1 fully saturated rings. The second kappa shape index (κ2) is 8.21. The first-order valence-corrected chi connectivity index (χ1v) is 9.16. The molecule has 0 radical (unpaired) electrons. The number of carbonyl (C=O) groups excluding carboxylic acids is 1. The van der Waals surface area contributed by atoms with Gasteiger partial charge in [-0.25, -0.2) is 0 Å². The van der Waals surface area contributed by atoms with Gasteiger partial charge in [0, 0.05) is 32.6 Å². The molecule has 2 aromatic rings. The molecule has 0 aromatic heterocycles. The average molecular weight is 397 g/mol. The zero-order chi connectivity index (χ0) is 19.4. The molecule has 1 amide bonds. The Labute approximate surface area is 161 Å². The number of halogens is 4. The van der Waals surface area contributed by atoms with E-state index in [1.165, 1.54) is 6.07 Å². The van der Waals surface area contributed by atoms with E-state index in [-0.39, 0.29) is 10.9 Å². The molecule has 0 bridgehead atoms. The zero-order valence-corrected chi connectivity index (χ0v) is 15.4. The Balaban J connectivity index is 1.58. The number of aryl methyl sites for hydroxylation is 1. The number of nitrogens with zero attached hydrogens (tertiary/aromatic N) is 2. The molecule has 0 saturated carbocycles. The van der Waals surface area contributed by atoms with Crippen LogP contribution in [-0.2, 0) is 17.4 Å². The minimum Gasteiger partial charge on any atom is -0.367 e. The summed E-state index contributed by atoms with van der Waals surface area (Å²) in [5, 5.41) is 0.284. The molecule has 3 rings (SSSR count). The Morgan fingerprint density at radius 3 is 2.30 bits per heavy atom. The van der Waals surface area contributed by atoms with Crippen LogP contribution in [0.4, 0.5) is 18.9 Å². The minimum absolute atomic E-state index is 0.0636. The average Bonchev–Trinajstić information content (AvgIpc) is 2.66. The van der Waals surface area contributed by atoms with Crippen LogP contribution in [0.2, 0.25) is 5.02 Å². The van der Waals surface area contributed by atoms with Crippen LogP contribution in [0.5, 0.6) is 0 Å². The number of benzene rings is 2. The Kier molecular flexibility index (Phi) is 5.95. The molecular formula is C20H20ClF3N2O. The van der Waals surface area contributed by atoms with Gasteiger partial charge in [-0.1, -0.05) is 41.9 Å². The van der Waals surface area contributed by atoms with Crippen LogP contribution in [0, 0.1) is 0 Å². The maximum absolute atomic E-state index is 12.9. The van der Waals surface area contributed by atoms with Crippen LogP contribution < -0.4 is 4.90 Å². The van der Waals surface area contributed by atoms with Crippen LogP contribution in [0.25, 0.3) is 0 Å². The van der Waals surface area contributed by atoms with Crippen molar-refractivity contribution in [3.63, 3.8) is 0 Å². The van der Waals surface area contributed by atoms with E-state index in [1.54, 1.807) is 9.80 Å². The lowest BCUT2D eigenvalue weighted by Crippen LogP contribution is -2.49. The van der Waals surface area contributed by atoms with Gasteiger partial charge in [0.2, 0.25) is 5.91 Å². The van der Waals surface area contributed by atoms with Gasteiger partial charge in [0.25, 0.3) is 0 Å². The minimum atomic E-state index is -4.41. The van der Waals surface area contributed by atoms with Gasteiger partial charge in [0.05, 0.1) is 16.3 Å². The lowest BCUT2D eigenvalue weighted by molar-refractivity contribution is -0.137. The van der Waals surface area contributed by atoms with Gasteiger partial charge in [-0.05, 0) is 30.2 Å². The van der Waals surface area contributed by atoms with Gasteiger partial charge in [-0.2, -0.15) is 13.2 Å². The molecule has 144 valence electrons. The highest BCUT2D eigenvalue weighted by Gasteiger charge is 2.32. The molecule has 27 heavy (non-hydrogen) atoms. The molecular weight excluding hydrogens is 377 g/mol. The van der Waals surface area contributed by atoms with Crippen molar-refractivity contribution in [2.24, 2.45) is 0 Å². The topological polar surface area (TPSA) is 23.6 Å². The van der Waals surface area contributed by atoms with Crippen LogP contribution in [-0.4, -0.2) is 37.0 Å². The van der Waals surface area contributed by atoms with E-state index < -0.39 is 11.7 Å². The molecule has 0 unspecified atom stereocenters. The third-order valence-corrected chi connectivity index (χ3v) is 5.04. The Morgan fingerprint density at radius 1 is 1.00 bits per heavy atom. The summed E-state index contributed by atoms with van der Waals surface area (Å²) >= 11 is 6.11. The third-order valence-electron chi connectivity index (χ3n) is 4.72. The fourth-order valence-corrected chi connectivity index (χ4v) is 3.42. The molecule has 0 spiro atoms. The fourth-order valence-electron chi connectivity index (χ4n) is 3.18. The van der Waals surface area contributed by atoms with Gasteiger partial charge in [0.15, 0.2) is 0 Å². The van der Waals surface area contributed by atoms with Crippen LogP contribution >= 0.6 is 11.6 Å². The molecule has 1 aliphatic heterocycles. The normalized spacial score (nSPS) is 15.1. The van der Waals surface area contributed by atoms with E-state index in [1.807, 2.05) is 30.3 Å². The van der Waals surface area contributed by atoms with E-state index in [0.717, 1.165) is 17.7 Å². The standard InChI is InChI=1S/C20H20ClF3N2O/c21-17-8-7-16(20(22,23)24)14-18(17)25-10-12-26(13-11-25)19(27)9-6-15-4-2-1-3-5-15/h1-5,7-8,14H,6,9-13H2. The van der Waals surface area contributed by atoms with Crippen molar-refractivity contribution in [1.82, 2.24) is 4.90 Å². The number of hydrogen-bond acceptors (Lipinski definition) is 2. The number of rotatable bonds is 4. The predicted octanol–water partition coefficient (Wildman–Crippen LogP) is 4.64. The first-order chi connectivity index (χ1) is 12.8. The summed E-state index contributed by atoms with van der Waals surface area (Å²) in [6.45, 7) is 1.86. The molecule has 1 aliphatic rings. The van der Waals surface area contributed by atoms with Gasteiger partial charge < -0.3 is 9.80 Å². The van der Waals surface area contributed by atoms with Gasteiger partial charge in [0.1, 0.15) is 0 Å². The van der Waals surface area contributed by atoms with E-state index in [2.05, 4.69) is 0 Å². The Morgan fingerprint density at radius 2 is 1.67 bits per heavy atom. The summed E-state index contributed by atoms with van der Waals surface area (Å²) in [6, 6.07) is 13.1. The van der Waals surface area contributed by atoms with Crippen LogP contribution in [0.3, 0.4) is 0 Å². The van der Waals surface area contributed by atoms with Gasteiger partial charge in [-0.15, -0.1) is 0 Å². The summed E-state index contributed by atoms with van der Waals surface area (Å²) < 4.78 is 38.8. The highest BCUT2D eigenvalue weighted by Crippen LogP contribution is 2.35. The highest BCUT2D eigenvalue weighted by molar-refractivity contribution is 6.33. The molecule has 0 atom stereocenters. The van der Waals surface area contributed by atoms with E-state index in [0.29, 0.717) is 44.7 Å². The summed E-state index contributed by atoms with van der Waals surface area (Å²) in [6.07, 6.45) is -3.30. The van der Waals surface area contributed by atoms with Gasteiger partial charge in [-0.3, -0.25) is 4.79 Å². The largest absolute Gasteiger partial charge is 0.416 e. The number of amides is 1. The third kappa shape index (κ3) is 4.95. The Hall–Kier alpha value is -2.21. The quantitative estimate of drug-likeness (QED) is 0.751. The number of alkyl halides is 3. The summed E-state index contributed by atoms with van der Waals surface area (Å²) in [4.78, 5) is 16.0. The fraction of sp³-hybridized carbons (Fsp3) is 0.350. The van der Waals surface area contributed by atoms with E-state index >= 15 is 0 Å². The summed E-state index contributed by atoms with van der Waals surface area (Å²) in [5.41, 5.74) is 0.756. The van der Waals surface area contributed by atoms with Crippen LogP contribution in [0.1, 0.15) is 17.5 Å². The molecule has 3 nitrogen and oxygen atoms in total. The molecule has 7 heteroatoms. The molecule has 2 aromatic carbocycles. The van der Waals surface area contributed by atoms with E-state index in [9.17, 15) is 18.0 Å². The van der Waals surface area contributed by atoms with Crippen molar-refractivity contribution in [3.05, 3.63) is 64.7 Å².